The number of nitrogens with one attached hydrogen (secondary N) is 2. The summed E-state index contributed by atoms with van der Waals surface area (Å²) in [5, 5.41) is 6.00. The smallest absolute Gasteiger partial charge is 0.257 e. The van der Waals surface area contributed by atoms with Gasteiger partial charge in [0.25, 0.3) is 5.91 Å². The van der Waals surface area contributed by atoms with Crippen molar-refractivity contribution in [3.8, 4) is 0 Å². The molecule has 152 valence electrons. The van der Waals surface area contributed by atoms with Crippen LogP contribution in [-0.4, -0.2) is 48.0 Å². The van der Waals surface area contributed by atoms with Crippen LogP contribution < -0.4 is 15.5 Å². The molecule has 8 heteroatoms. The molecule has 1 aliphatic rings. The van der Waals surface area contributed by atoms with Crippen LogP contribution >= 0.6 is 34.8 Å². The number of nitrogens with zero attached hydrogens (tertiary/aromatic N) is 2. The molecule has 0 bridgehead atoms. The minimum Gasteiger partial charge on any atom is -0.368 e. The molecular weight excluding hydrogens is 499 g/mol. The van der Waals surface area contributed by atoms with Crippen molar-refractivity contribution in [3.05, 3.63) is 57.7 Å². The van der Waals surface area contributed by atoms with Crippen LogP contribution in [0.4, 0.5) is 11.4 Å². The van der Waals surface area contributed by atoms with Gasteiger partial charge in [0.2, 0.25) is 5.91 Å². The number of rotatable bonds is 4. The van der Waals surface area contributed by atoms with Crippen LogP contribution in [0, 0.1) is 3.57 Å². The van der Waals surface area contributed by atoms with Gasteiger partial charge >= 0.3 is 0 Å². The number of hydrogen-bond donors (Lipinski definition) is 2. The highest BCUT2D eigenvalue weighted by Crippen LogP contribution is 2.20. The first-order valence-corrected chi connectivity index (χ1v) is 11.0. The number of carbonyl (C=O) groups excluding carboxylic acids is 2. The molecule has 0 aromatic heterocycles. The minimum absolute atomic E-state index is 0.213. The van der Waals surface area contributed by atoms with Gasteiger partial charge in [0.1, 0.15) is 0 Å². The van der Waals surface area contributed by atoms with Gasteiger partial charge < -0.3 is 15.1 Å². The molecule has 1 saturated heterocycles. The van der Waals surface area contributed by atoms with E-state index in [-0.39, 0.29) is 16.9 Å². The fraction of sp³-hybridized carbons (Fsp3) is 0.286. The molecule has 0 saturated carbocycles. The molecule has 0 radical (unpaired) electrons. The van der Waals surface area contributed by atoms with E-state index in [2.05, 4.69) is 38.1 Å². The Kier molecular flexibility index (Phi) is 7.43. The Bertz CT molecular complexity index is 896. The predicted molar refractivity (Wildman–Crippen MR) is 128 cm³/mol. The second-order valence-corrected chi connectivity index (χ2v) is 8.34. The van der Waals surface area contributed by atoms with E-state index in [0.29, 0.717) is 12.0 Å². The summed E-state index contributed by atoms with van der Waals surface area (Å²) in [4.78, 5) is 28.3. The number of thiocarbonyl (C=S) groups is 1. The van der Waals surface area contributed by atoms with E-state index in [1.54, 1.807) is 12.1 Å². The highest BCUT2D eigenvalue weighted by atomic mass is 127. The average molecular weight is 522 g/mol. The molecule has 2 aromatic carbocycles. The van der Waals surface area contributed by atoms with Gasteiger partial charge in [-0.15, -0.1) is 0 Å². The van der Waals surface area contributed by atoms with Crippen LogP contribution in [0.25, 0.3) is 0 Å². The lowest BCUT2D eigenvalue weighted by Crippen LogP contribution is -2.48. The molecule has 0 spiro atoms. The van der Waals surface area contributed by atoms with Crippen molar-refractivity contribution in [3.63, 3.8) is 0 Å². The Hall–Kier alpha value is -2.20. The van der Waals surface area contributed by atoms with Crippen LogP contribution in [0.1, 0.15) is 23.7 Å². The third kappa shape index (κ3) is 5.89. The molecule has 2 aromatic rings. The Morgan fingerprint density at radius 1 is 1.07 bits per heavy atom. The number of amides is 2. The maximum atomic E-state index is 12.3. The molecule has 6 nitrogen and oxygen atoms in total. The molecule has 3 rings (SSSR count). The molecule has 0 unspecified atom stereocenters. The van der Waals surface area contributed by atoms with Crippen molar-refractivity contribution >= 4 is 63.1 Å². The van der Waals surface area contributed by atoms with E-state index in [1.807, 2.05) is 48.2 Å². The third-order valence-electron chi connectivity index (χ3n) is 4.74. The highest BCUT2D eigenvalue weighted by Gasteiger charge is 2.20. The molecular formula is C21H23IN4O2S. The summed E-state index contributed by atoms with van der Waals surface area (Å²) in [7, 11) is 0. The summed E-state index contributed by atoms with van der Waals surface area (Å²) in [5.74, 6) is -0.0258. The second kappa shape index (κ2) is 10.0. The Morgan fingerprint density at radius 3 is 2.38 bits per heavy atom. The zero-order valence-corrected chi connectivity index (χ0v) is 19.1. The fourth-order valence-electron chi connectivity index (χ4n) is 3.16. The first kappa shape index (κ1) is 21.5. The minimum atomic E-state index is -0.239. The van der Waals surface area contributed by atoms with E-state index in [1.165, 1.54) is 0 Å². The van der Waals surface area contributed by atoms with E-state index in [9.17, 15) is 9.59 Å². The van der Waals surface area contributed by atoms with Crippen molar-refractivity contribution in [2.24, 2.45) is 0 Å². The van der Waals surface area contributed by atoms with Crippen LogP contribution in [-0.2, 0) is 4.79 Å². The van der Waals surface area contributed by atoms with Crippen LogP contribution in [0.2, 0.25) is 0 Å². The van der Waals surface area contributed by atoms with E-state index < -0.39 is 0 Å². The van der Waals surface area contributed by atoms with Crippen molar-refractivity contribution < 1.29 is 9.59 Å². The lowest BCUT2D eigenvalue weighted by Gasteiger charge is -2.36. The standard InChI is InChI=1S/C21H23IN4O2S/c1-2-19(27)26-12-10-25(11-13-26)18-8-6-17(7-9-18)23-21(29)24-20(28)15-4-3-5-16(22)14-15/h3-9,14H,2,10-13H2,1H3,(H2,23,24,28,29). The SMILES string of the molecule is CCC(=O)N1CCN(c2ccc(NC(=S)NC(=O)c3cccc(I)c3)cc2)CC1. The molecule has 1 fully saturated rings. The first-order chi connectivity index (χ1) is 14.0. The monoisotopic (exact) mass is 522 g/mol. The maximum Gasteiger partial charge on any atom is 0.257 e. The Balaban J connectivity index is 1.52. The van der Waals surface area contributed by atoms with Gasteiger partial charge in [0.05, 0.1) is 0 Å². The van der Waals surface area contributed by atoms with Gasteiger partial charge in [-0.3, -0.25) is 14.9 Å². The summed E-state index contributed by atoms with van der Waals surface area (Å²) in [6.45, 7) is 5.04. The summed E-state index contributed by atoms with van der Waals surface area (Å²) in [5.41, 5.74) is 2.48. The van der Waals surface area contributed by atoms with Gasteiger partial charge in [-0.1, -0.05) is 13.0 Å². The van der Waals surface area contributed by atoms with Crippen molar-refractivity contribution in [1.82, 2.24) is 10.2 Å². The number of piperazine rings is 1. The van der Waals surface area contributed by atoms with E-state index >= 15 is 0 Å². The lowest BCUT2D eigenvalue weighted by atomic mass is 10.2. The van der Waals surface area contributed by atoms with Crippen molar-refractivity contribution in [2.75, 3.05) is 36.4 Å². The summed E-state index contributed by atoms with van der Waals surface area (Å²) in [6, 6.07) is 15.2. The van der Waals surface area contributed by atoms with Gasteiger partial charge in [0, 0.05) is 53.1 Å². The number of halogens is 1. The van der Waals surface area contributed by atoms with Crippen molar-refractivity contribution in [1.29, 1.82) is 0 Å². The van der Waals surface area contributed by atoms with E-state index in [4.69, 9.17) is 12.2 Å². The first-order valence-electron chi connectivity index (χ1n) is 9.47. The third-order valence-corrected chi connectivity index (χ3v) is 5.61. The second-order valence-electron chi connectivity index (χ2n) is 6.69. The molecule has 0 aliphatic carbocycles. The van der Waals surface area contributed by atoms with Crippen LogP contribution in [0.15, 0.2) is 48.5 Å². The van der Waals surface area contributed by atoms with Crippen LogP contribution in [0.5, 0.6) is 0 Å². The quantitative estimate of drug-likeness (QED) is 0.476. The molecule has 2 N–H and O–H groups in total. The molecule has 1 heterocycles. The summed E-state index contributed by atoms with van der Waals surface area (Å²) < 4.78 is 0.990. The molecule has 1 aliphatic heterocycles. The van der Waals surface area contributed by atoms with Crippen molar-refractivity contribution in [2.45, 2.75) is 13.3 Å². The summed E-state index contributed by atoms with van der Waals surface area (Å²) in [6.07, 6.45) is 0.556. The Labute approximate surface area is 189 Å². The zero-order chi connectivity index (χ0) is 20.8. The number of carbonyl (C=O) groups is 2. The van der Waals surface area contributed by atoms with Gasteiger partial charge in [-0.05, 0) is 77.3 Å². The molecule has 2 amide bonds. The lowest BCUT2D eigenvalue weighted by molar-refractivity contribution is -0.131. The number of hydrogen-bond acceptors (Lipinski definition) is 4. The molecule has 0 atom stereocenters. The number of benzene rings is 2. The normalized spacial score (nSPS) is 13.7. The highest BCUT2D eigenvalue weighted by molar-refractivity contribution is 14.1. The van der Waals surface area contributed by atoms with Gasteiger partial charge in [-0.25, -0.2) is 0 Å². The largest absolute Gasteiger partial charge is 0.368 e. The van der Waals surface area contributed by atoms with Gasteiger partial charge in [-0.2, -0.15) is 0 Å². The fourth-order valence-corrected chi connectivity index (χ4v) is 3.91. The summed E-state index contributed by atoms with van der Waals surface area (Å²) >= 11 is 7.43. The zero-order valence-electron chi connectivity index (χ0n) is 16.2. The predicted octanol–water partition coefficient (Wildman–Crippen LogP) is 3.48. The number of anilines is 2. The maximum absolute atomic E-state index is 12.3. The topological polar surface area (TPSA) is 64.7 Å². The average Bonchev–Trinajstić information content (AvgIpc) is 2.73. The molecule has 29 heavy (non-hydrogen) atoms. The van der Waals surface area contributed by atoms with Crippen LogP contribution in [0.3, 0.4) is 0 Å². The Morgan fingerprint density at radius 2 is 1.76 bits per heavy atom. The van der Waals surface area contributed by atoms with Gasteiger partial charge in [0.15, 0.2) is 5.11 Å². The van der Waals surface area contributed by atoms with E-state index in [0.717, 1.165) is 41.1 Å².